The summed E-state index contributed by atoms with van der Waals surface area (Å²) >= 11 is 3.99. The maximum atomic E-state index is 11.5. The van der Waals surface area contributed by atoms with Crippen LogP contribution in [0.1, 0.15) is 0 Å². The predicted octanol–water partition coefficient (Wildman–Crippen LogP) is 0.171. The van der Waals surface area contributed by atoms with E-state index >= 15 is 0 Å². The van der Waals surface area contributed by atoms with Crippen molar-refractivity contribution in [3.8, 4) is 0 Å². The molecule has 80 valence electrons. The van der Waals surface area contributed by atoms with Gasteiger partial charge in [0.15, 0.2) is 0 Å². The molecule has 0 saturated carbocycles. The second-order valence-corrected chi connectivity index (χ2v) is 6.23. The van der Waals surface area contributed by atoms with E-state index in [0.717, 1.165) is 19.6 Å². The molecule has 2 fully saturated rings. The van der Waals surface area contributed by atoms with Crippen molar-refractivity contribution in [2.75, 3.05) is 36.9 Å². The van der Waals surface area contributed by atoms with Gasteiger partial charge in [-0.3, -0.25) is 4.79 Å². The van der Waals surface area contributed by atoms with Gasteiger partial charge in [-0.2, -0.15) is 23.5 Å². The fraction of sp³-hybridized carbons (Fsp3) is 0.889. The number of nitrogens with one attached hydrogen (secondary N) is 2. The van der Waals surface area contributed by atoms with E-state index in [1.165, 1.54) is 17.3 Å². The first kappa shape index (κ1) is 10.6. The lowest BCUT2D eigenvalue weighted by Gasteiger charge is -2.27. The molecule has 2 heterocycles. The van der Waals surface area contributed by atoms with Gasteiger partial charge in [0.2, 0.25) is 5.91 Å². The van der Waals surface area contributed by atoms with Gasteiger partial charge in [-0.25, -0.2) is 0 Å². The van der Waals surface area contributed by atoms with Crippen LogP contribution in [0.3, 0.4) is 0 Å². The largest absolute Gasteiger partial charge is 0.355 e. The van der Waals surface area contributed by atoms with Crippen LogP contribution in [0.4, 0.5) is 0 Å². The number of carbonyl (C=O) groups excluding carboxylic acids is 1. The van der Waals surface area contributed by atoms with Gasteiger partial charge in [0.05, 0.1) is 5.92 Å². The maximum absolute atomic E-state index is 11.5. The molecular weight excluding hydrogens is 216 g/mol. The Morgan fingerprint density at radius 1 is 1.43 bits per heavy atom. The Balaban J connectivity index is 1.62. The third-order valence-electron chi connectivity index (χ3n) is 2.54. The summed E-state index contributed by atoms with van der Waals surface area (Å²) in [6.45, 7) is 2.57. The highest BCUT2D eigenvalue weighted by molar-refractivity contribution is 8.06. The maximum Gasteiger partial charge on any atom is 0.225 e. The van der Waals surface area contributed by atoms with Gasteiger partial charge in [0.1, 0.15) is 0 Å². The van der Waals surface area contributed by atoms with Crippen molar-refractivity contribution < 1.29 is 4.79 Å². The van der Waals surface area contributed by atoms with E-state index in [2.05, 4.69) is 10.6 Å². The molecule has 0 spiro atoms. The zero-order valence-corrected chi connectivity index (χ0v) is 9.76. The van der Waals surface area contributed by atoms with Crippen molar-refractivity contribution in [1.82, 2.24) is 10.6 Å². The molecule has 0 aromatic rings. The Hall–Kier alpha value is 0.130. The first-order chi connectivity index (χ1) is 6.86. The summed E-state index contributed by atoms with van der Waals surface area (Å²) < 4.78 is 0. The lowest BCUT2D eigenvalue weighted by Crippen LogP contribution is -2.51. The van der Waals surface area contributed by atoms with Crippen molar-refractivity contribution >= 4 is 29.4 Å². The van der Waals surface area contributed by atoms with Gasteiger partial charge in [0.25, 0.3) is 0 Å². The van der Waals surface area contributed by atoms with E-state index in [1.807, 2.05) is 23.5 Å². The molecule has 5 heteroatoms. The zero-order valence-electron chi connectivity index (χ0n) is 8.12. The van der Waals surface area contributed by atoms with E-state index < -0.39 is 0 Å². The Morgan fingerprint density at radius 3 is 2.86 bits per heavy atom. The standard InChI is InChI=1S/C9H16N2OS2/c12-9(7-3-10-4-7)11-5-8-6-13-1-2-14-8/h7-8,10H,1-6H2,(H,11,12). The molecule has 1 amide bonds. The molecule has 2 aliphatic heterocycles. The average Bonchev–Trinajstić information content (AvgIpc) is 2.14. The smallest absolute Gasteiger partial charge is 0.225 e. The summed E-state index contributed by atoms with van der Waals surface area (Å²) in [6.07, 6.45) is 0. The van der Waals surface area contributed by atoms with Gasteiger partial charge in [-0.1, -0.05) is 0 Å². The van der Waals surface area contributed by atoms with Crippen LogP contribution >= 0.6 is 23.5 Å². The molecule has 0 aromatic carbocycles. The van der Waals surface area contributed by atoms with Crippen molar-refractivity contribution in [3.05, 3.63) is 0 Å². The monoisotopic (exact) mass is 232 g/mol. The fourth-order valence-electron chi connectivity index (χ4n) is 1.49. The average molecular weight is 232 g/mol. The highest BCUT2D eigenvalue weighted by Gasteiger charge is 2.25. The van der Waals surface area contributed by atoms with E-state index in [4.69, 9.17) is 0 Å². The van der Waals surface area contributed by atoms with Crippen LogP contribution in [0.15, 0.2) is 0 Å². The predicted molar refractivity (Wildman–Crippen MR) is 62.9 cm³/mol. The number of carbonyl (C=O) groups is 1. The lowest BCUT2D eigenvalue weighted by atomic mass is 10.0. The number of amides is 1. The Labute approximate surface area is 93.2 Å². The van der Waals surface area contributed by atoms with Crippen LogP contribution in [0.2, 0.25) is 0 Å². The molecule has 2 aliphatic rings. The minimum absolute atomic E-state index is 0.233. The molecule has 3 nitrogen and oxygen atoms in total. The molecule has 2 rings (SSSR count). The third-order valence-corrected chi connectivity index (χ3v) is 5.39. The molecular formula is C9H16N2OS2. The SMILES string of the molecule is O=C(NCC1CSCCS1)C1CNC1. The molecule has 0 radical (unpaired) electrons. The highest BCUT2D eigenvalue weighted by Crippen LogP contribution is 2.23. The quantitative estimate of drug-likeness (QED) is 0.728. The second kappa shape index (κ2) is 5.28. The second-order valence-electron chi connectivity index (χ2n) is 3.67. The summed E-state index contributed by atoms with van der Waals surface area (Å²) in [6, 6.07) is 0. The zero-order chi connectivity index (χ0) is 9.80. The van der Waals surface area contributed by atoms with E-state index in [-0.39, 0.29) is 11.8 Å². The van der Waals surface area contributed by atoms with Crippen molar-refractivity contribution in [1.29, 1.82) is 0 Å². The summed E-state index contributed by atoms with van der Waals surface area (Å²) in [4.78, 5) is 11.5. The Kier molecular flexibility index (Phi) is 4.01. The van der Waals surface area contributed by atoms with Gasteiger partial charge in [0, 0.05) is 42.1 Å². The molecule has 1 unspecified atom stereocenters. The van der Waals surface area contributed by atoms with Gasteiger partial charge in [-0.05, 0) is 0 Å². The summed E-state index contributed by atoms with van der Waals surface area (Å²) in [5.41, 5.74) is 0. The van der Waals surface area contributed by atoms with E-state index in [0.29, 0.717) is 5.25 Å². The van der Waals surface area contributed by atoms with E-state index in [1.54, 1.807) is 0 Å². The summed E-state index contributed by atoms with van der Waals surface area (Å²) in [5, 5.41) is 6.78. The minimum atomic E-state index is 0.233. The molecule has 0 bridgehead atoms. The van der Waals surface area contributed by atoms with Crippen LogP contribution in [0.25, 0.3) is 0 Å². The van der Waals surface area contributed by atoms with Crippen molar-refractivity contribution in [2.45, 2.75) is 5.25 Å². The van der Waals surface area contributed by atoms with Crippen molar-refractivity contribution in [3.63, 3.8) is 0 Å². The molecule has 14 heavy (non-hydrogen) atoms. The summed E-state index contributed by atoms with van der Waals surface area (Å²) in [7, 11) is 0. The number of hydrogen-bond acceptors (Lipinski definition) is 4. The summed E-state index contributed by atoms with van der Waals surface area (Å²) in [5.74, 6) is 4.15. The van der Waals surface area contributed by atoms with Crippen LogP contribution in [0.5, 0.6) is 0 Å². The van der Waals surface area contributed by atoms with Crippen LogP contribution in [-0.4, -0.2) is 48.0 Å². The van der Waals surface area contributed by atoms with Crippen LogP contribution in [-0.2, 0) is 4.79 Å². The van der Waals surface area contributed by atoms with Gasteiger partial charge in [-0.15, -0.1) is 0 Å². The minimum Gasteiger partial charge on any atom is -0.355 e. The van der Waals surface area contributed by atoms with Gasteiger partial charge < -0.3 is 10.6 Å². The first-order valence-electron chi connectivity index (χ1n) is 5.04. The normalized spacial score (nSPS) is 28.1. The lowest BCUT2D eigenvalue weighted by molar-refractivity contribution is -0.126. The molecule has 1 atom stereocenters. The topological polar surface area (TPSA) is 41.1 Å². The number of hydrogen-bond donors (Lipinski definition) is 2. The molecule has 0 aromatic heterocycles. The van der Waals surface area contributed by atoms with Crippen LogP contribution in [0, 0.1) is 5.92 Å². The first-order valence-corrected chi connectivity index (χ1v) is 7.24. The van der Waals surface area contributed by atoms with E-state index in [9.17, 15) is 4.79 Å². The third kappa shape index (κ3) is 2.81. The highest BCUT2D eigenvalue weighted by atomic mass is 32.2. The molecule has 0 aliphatic carbocycles. The fourth-order valence-corrected chi connectivity index (χ4v) is 4.10. The van der Waals surface area contributed by atoms with Crippen molar-refractivity contribution in [2.24, 2.45) is 5.92 Å². The van der Waals surface area contributed by atoms with Gasteiger partial charge >= 0.3 is 0 Å². The Morgan fingerprint density at radius 2 is 2.29 bits per heavy atom. The number of thioether (sulfide) groups is 2. The molecule has 2 N–H and O–H groups in total. The number of rotatable bonds is 3. The molecule has 2 saturated heterocycles. The van der Waals surface area contributed by atoms with Crippen LogP contribution < -0.4 is 10.6 Å². The Bertz CT molecular complexity index is 203.